The van der Waals surface area contributed by atoms with Crippen LogP contribution in [0, 0.1) is 11.8 Å². The normalized spacial score (nSPS) is 15.1. The number of carboxylic acids is 1. The van der Waals surface area contributed by atoms with E-state index in [9.17, 15) is 19.5 Å². The zero-order valence-corrected chi connectivity index (χ0v) is 16.4. The first-order valence-electron chi connectivity index (χ1n) is 9.30. The molecule has 4 atom stereocenters. The van der Waals surface area contributed by atoms with Gasteiger partial charge in [-0.25, -0.2) is 9.59 Å². The molecule has 0 fully saturated rings. The number of ether oxygens (including phenoxy) is 1. The largest absolute Gasteiger partial charge is 0.480 e. The molecule has 0 heterocycles. The summed E-state index contributed by atoms with van der Waals surface area (Å²) < 4.78 is 5.18. The lowest BCUT2D eigenvalue weighted by atomic mass is 9.95. The molecule has 2 amide bonds. The summed E-state index contributed by atoms with van der Waals surface area (Å²) in [6.45, 7) is 7.43. The molecule has 150 valence electrons. The van der Waals surface area contributed by atoms with Gasteiger partial charge in [-0.15, -0.1) is 0 Å². The van der Waals surface area contributed by atoms with Gasteiger partial charge < -0.3 is 20.5 Å². The standard InChI is InChI=1S/C20H30N2O5/c1-5-13(3)16(18(23)21-17(19(24)25)14(4)6-2)22-20(26)27-12-15-10-8-7-9-11-15/h7-11,13-14,16-17H,5-6,12H2,1-4H3,(H,21,23)(H,22,26)(H,24,25)/t13-,14-,16-,17+/m0/s1. The molecule has 0 unspecified atom stereocenters. The van der Waals surface area contributed by atoms with Crippen molar-refractivity contribution in [1.82, 2.24) is 10.6 Å². The third kappa shape index (κ3) is 7.29. The van der Waals surface area contributed by atoms with Crippen LogP contribution in [0.4, 0.5) is 4.79 Å². The highest BCUT2D eigenvalue weighted by Gasteiger charge is 2.32. The molecular weight excluding hydrogens is 348 g/mol. The average Bonchev–Trinajstić information content (AvgIpc) is 2.67. The summed E-state index contributed by atoms with van der Waals surface area (Å²) in [7, 11) is 0. The number of rotatable bonds is 10. The van der Waals surface area contributed by atoms with Crippen LogP contribution in [0.15, 0.2) is 30.3 Å². The van der Waals surface area contributed by atoms with Gasteiger partial charge in [-0.1, -0.05) is 70.9 Å². The molecular formula is C20H30N2O5. The van der Waals surface area contributed by atoms with E-state index in [0.29, 0.717) is 12.8 Å². The maximum absolute atomic E-state index is 12.6. The van der Waals surface area contributed by atoms with Crippen molar-refractivity contribution in [3.05, 3.63) is 35.9 Å². The van der Waals surface area contributed by atoms with E-state index in [2.05, 4.69) is 10.6 Å². The molecule has 0 aliphatic carbocycles. The minimum Gasteiger partial charge on any atom is -0.480 e. The summed E-state index contributed by atoms with van der Waals surface area (Å²) in [4.78, 5) is 36.2. The Kier molecular flexibility index (Phi) is 9.33. The Bertz CT molecular complexity index is 620. The molecule has 3 N–H and O–H groups in total. The highest BCUT2D eigenvalue weighted by molar-refractivity contribution is 5.89. The van der Waals surface area contributed by atoms with Crippen molar-refractivity contribution in [3.63, 3.8) is 0 Å². The second kappa shape index (κ2) is 11.2. The van der Waals surface area contributed by atoms with Crippen LogP contribution >= 0.6 is 0 Å². The maximum Gasteiger partial charge on any atom is 0.408 e. The maximum atomic E-state index is 12.6. The van der Waals surface area contributed by atoms with Gasteiger partial charge in [0.15, 0.2) is 0 Å². The van der Waals surface area contributed by atoms with Gasteiger partial charge in [-0.3, -0.25) is 4.79 Å². The summed E-state index contributed by atoms with van der Waals surface area (Å²) in [6.07, 6.45) is 0.533. The average molecular weight is 378 g/mol. The first-order chi connectivity index (χ1) is 12.8. The summed E-state index contributed by atoms with van der Waals surface area (Å²) in [5.41, 5.74) is 0.833. The Morgan fingerprint density at radius 1 is 0.963 bits per heavy atom. The van der Waals surface area contributed by atoms with Gasteiger partial charge in [0.25, 0.3) is 0 Å². The third-order valence-corrected chi connectivity index (χ3v) is 4.76. The number of carbonyl (C=O) groups excluding carboxylic acids is 2. The Morgan fingerprint density at radius 2 is 1.52 bits per heavy atom. The Labute approximate surface area is 160 Å². The molecule has 1 aromatic rings. The zero-order valence-electron chi connectivity index (χ0n) is 16.4. The predicted molar refractivity (Wildman–Crippen MR) is 102 cm³/mol. The molecule has 0 aliphatic heterocycles. The fourth-order valence-electron chi connectivity index (χ4n) is 2.52. The van der Waals surface area contributed by atoms with Crippen LogP contribution in [0.2, 0.25) is 0 Å². The van der Waals surface area contributed by atoms with E-state index < -0.39 is 30.1 Å². The van der Waals surface area contributed by atoms with Crippen molar-refractivity contribution < 1.29 is 24.2 Å². The number of carboxylic acid groups (broad SMARTS) is 1. The van der Waals surface area contributed by atoms with E-state index in [-0.39, 0.29) is 18.4 Å². The third-order valence-electron chi connectivity index (χ3n) is 4.76. The van der Waals surface area contributed by atoms with Crippen LogP contribution in [0.3, 0.4) is 0 Å². The van der Waals surface area contributed by atoms with Crippen LogP contribution in [0.1, 0.15) is 46.1 Å². The van der Waals surface area contributed by atoms with E-state index in [0.717, 1.165) is 5.56 Å². The number of carbonyl (C=O) groups is 3. The monoisotopic (exact) mass is 378 g/mol. The van der Waals surface area contributed by atoms with Crippen molar-refractivity contribution in [2.24, 2.45) is 11.8 Å². The molecule has 0 bridgehead atoms. The smallest absolute Gasteiger partial charge is 0.408 e. The second-order valence-corrected chi connectivity index (χ2v) is 6.78. The SMILES string of the molecule is CC[C@H](C)[C@H](NC(=O)OCc1ccccc1)C(=O)N[C@@H](C(=O)O)[C@@H](C)CC. The molecule has 7 nitrogen and oxygen atoms in total. The Morgan fingerprint density at radius 3 is 2.04 bits per heavy atom. The van der Waals surface area contributed by atoms with Crippen LogP contribution < -0.4 is 10.6 Å². The first-order valence-corrected chi connectivity index (χ1v) is 9.30. The first kappa shape index (κ1) is 22.5. The second-order valence-electron chi connectivity index (χ2n) is 6.78. The fraction of sp³-hybridized carbons (Fsp3) is 0.550. The van der Waals surface area contributed by atoms with Crippen molar-refractivity contribution in [2.75, 3.05) is 0 Å². The Hall–Kier alpha value is -2.57. The Balaban J connectivity index is 2.74. The van der Waals surface area contributed by atoms with E-state index in [4.69, 9.17) is 4.74 Å². The zero-order chi connectivity index (χ0) is 20.4. The van der Waals surface area contributed by atoms with E-state index in [1.54, 1.807) is 6.92 Å². The van der Waals surface area contributed by atoms with E-state index in [1.165, 1.54) is 0 Å². The molecule has 0 aliphatic rings. The van der Waals surface area contributed by atoms with Gasteiger partial charge in [0.05, 0.1) is 0 Å². The molecule has 1 aromatic carbocycles. The lowest BCUT2D eigenvalue weighted by Gasteiger charge is -2.27. The summed E-state index contributed by atoms with van der Waals surface area (Å²) in [6, 6.07) is 7.33. The van der Waals surface area contributed by atoms with Crippen LogP contribution in [-0.2, 0) is 20.9 Å². The minimum absolute atomic E-state index is 0.0894. The highest BCUT2D eigenvalue weighted by atomic mass is 16.5. The molecule has 0 aromatic heterocycles. The minimum atomic E-state index is -1.09. The predicted octanol–water partition coefficient (Wildman–Crippen LogP) is 2.94. The lowest BCUT2D eigenvalue weighted by molar-refractivity contribution is -0.143. The van der Waals surface area contributed by atoms with Gasteiger partial charge in [-0.2, -0.15) is 0 Å². The molecule has 1 rings (SSSR count). The number of amides is 2. The fourth-order valence-corrected chi connectivity index (χ4v) is 2.52. The van der Waals surface area contributed by atoms with E-state index >= 15 is 0 Å². The van der Waals surface area contributed by atoms with Crippen LogP contribution in [0.5, 0.6) is 0 Å². The van der Waals surface area contributed by atoms with Gasteiger partial charge in [0, 0.05) is 0 Å². The van der Waals surface area contributed by atoms with Crippen LogP contribution in [-0.4, -0.2) is 35.2 Å². The van der Waals surface area contributed by atoms with Crippen molar-refractivity contribution >= 4 is 18.0 Å². The van der Waals surface area contributed by atoms with Crippen molar-refractivity contribution in [2.45, 2.75) is 59.2 Å². The summed E-state index contributed by atoms with van der Waals surface area (Å²) in [5, 5.41) is 14.5. The van der Waals surface area contributed by atoms with Gasteiger partial charge in [-0.05, 0) is 17.4 Å². The molecule has 0 saturated carbocycles. The number of alkyl carbamates (subject to hydrolysis) is 1. The van der Waals surface area contributed by atoms with Gasteiger partial charge >= 0.3 is 12.1 Å². The number of hydrogen-bond donors (Lipinski definition) is 3. The highest BCUT2D eigenvalue weighted by Crippen LogP contribution is 2.12. The van der Waals surface area contributed by atoms with Crippen molar-refractivity contribution in [3.8, 4) is 0 Å². The molecule has 0 spiro atoms. The topological polar surface area (TPSA) is 105 Å². The van der Waals surface area contributed by atoms with Crippen LogP contribution in [0.25, 0.3) is 0 Å². The molecule has 0 saturated heterocycles. The van der Waals surface area contributed by atoms with Crippen molar-refractivity contribution in [1.29, 1.82) is 0 Å². The number of nitrogens with one attached hydrogen (secondary N) is 2. The van der Waals surface area contributed by atoms with E-state index in [1.807, 2.05) is 51.1 Å². The number of benzene rings is 1. The molecule has 0 radical (unpaired) electrons. The quantitative estimate of drug-likeness (QED) is 0.581. The van der Waals surface area contributed by atoms with Gasteiger partial charge in [0.1, 0.15) is 18.7 Å². The van der Waals surface area contributed by atoms with Gasteiger partial charge in [0.2, 0.25) is 5.91 Å². The number of hydrogen-bond acceptors (Lipinski definition) is 4. The summed E-state index contributed by atoms with van der Waals surface area (Å²) in [5.74, 6) is -2.02. The summed E-state index contributed by atoms with van der Waals surface area (Å²) >= 11 is 0. The molecule has 27 heavy (non-hydrogen) atoms. The molecule has 7 heteroatoms. The lowest BCUT2D eigenvalue weighted by Crippen LogP contribution is -2.55. The number of aliphatic carboxylic acids is 1.